The first-order chi connectivity index (χ1) is 9.49. The molecule has 1 amide bonds. The van der Waals surface area contributed by atoms with Gasteiger partial charge in [-0.1, -0.05) is 34.7 Å². The molecule has 20 heavy (non-hydrogen) atoms. The minimum atomic E-state index is -1.42. The zero-order valence-corrected chi connectivity index (χ0v) is 12.3. The fourth-order valence-corrected chi connectivity index (χ4v) is 2.80. The summed E-state index contributed by atoms with van der Waals surface area (Å²) in [6.07, 6.45) is 1.55. The first-order valence-electron chi connectivity index (χ1n) is 6.08. The Morgan fingerprint density at radius 2 is 2.30 bits per heavy atom. The van der Waals surface area contributed by atoms with E-state index in [4.69, 9.17) is 4.74 Å². The summed E-state index contributed by atoms with van der Waals surface area (Å²) in [5.74, 6) is -1.09. The number of hydrogen-bond acceptors (Lipinski definition) is 3. The second-order valence-corrected chi connectivity index (χ2v) is 5.44. The van der Waals surface area contributed by atoms with Crippen molar-refractivity contribution in [2.45, 2.75) is 18.4 Å². The smallest absolute Gasteiger partial charge is 0.408 e. The van der Waals surface area contributed by atoms with Crippen LogP contribution >= 0.6 is 15.9 Å². The summed E-state index contributed by atoms with van der Waals surface area (Å²) in [5, 5.41) is 12.0. The van der Waals surface area contributed by atoms with Crippen LogP contribution in [0.2, 0.25) is 0 Å². The fourth-order valence-electron chi connectivity index (χ4n) is 2.39. The van der Waals surface area contributed by atoms with E-state index in [1.165, 1.54) is 6.08 Å². The first-order valence-corrected chi connectivity index (χ1v) is 6.87. The summed E-state index contributed by atoms with van der Waals surface area (Å²) in [7, 11) is 0. The number of aliphatic carboxylic acids is 1. The summed E-state index contributed by atoms with van der Waals surface area (Å²) < 4.78 is 5.71. The van der Waals surface area contributed by atoms with Gasteiger partial charge in [-0.3, -0.25) is 0 Å². The number of aryl methyl sites for hydroxylation is 1. The van der Waals surface area contributed by atoms with Crippen molar-refractivity contribution < 1.29 is 19.4 Å². The van der Waals surface area contributed by atoms with Crippen molar-refractivity contribution >= 4 is 28.0 Å². The molecule has 0 saturated carbocycles. The van der Waals surface area contributed by atoms with Crippen LogP contribution in [-0.2, 0) is 21.5 Å². The van der Waals surface area contributed by atoms with E-state index in [2.05, 4.69) is 27.8 Å². The summed E-state index contributed by atoms with van der Waals surface area (Å²) in [4.78, 5) is 23.4. The maximum Gasteiger partial charge on any atom is 0.408 e. The van der Waals surface area contributed by atoms with E-state index in [9.17, 15) is 14.7 Å². The SMILES string of the molecule is C=CCOC(=O)NC1(C(=O)O)CCc2cc(Br)ccc21. The van der Waals surface area contributed by atoms with E-state index in [1.807, 2.05) is 6.07 Å². The largest absolute Gasteiger partial charge is 0.479 e. The zero-order valence-electron chi connectivity index (χ0n) is 10.7. The highest BCUT2D eigenvalue weighted by molar-refractivity contribution is 9.10. The van der Waals surface area contributed by atoms with Crippen molar-refractivity contribution in [3.8, 4) is 0 Å². The third-order valence-corrected chi connectivity index (χ3v) is 3.80. The quantitative estimate of drug-likeness (QED) is 0.826. The molecule has 0 spiro atoms. The van der Waals surface area contributed by atoms with Gasteiger partial charge in [0, 0.05) is 4.47 Å². The van der Waals surface area contributed by atoms with Gasteiger partial charge in [0.1, 0.15) is 6.61 Å². The number of fused-ring (bicyclic) bond motifs is 1. The molecule has 1 aliphatic rings. The number of halogens is 1. The van der Waals surface area contributed by atoms with Crippen LogP contribution in [0, 0.1) is 0 Å². The van der Waals surface area contributed by atoms with Crippen LogP contribution in [0.3, 0.4) is 0 Å². The molecule has 0 aliphatic heterocycles. The Hall–Kier alpha value is -1.82. The van der Waals surface area contributed by atoms with Gasteiger partial charge in [0.05, 0.1) is 0 Å². The van der Waals surface area contributed by atoms with Crippen LogP contribution < -0.4 is 5.32 Å². The lowest BCUT2D eigenvalue weighted by atomic mass is 9.92. The zero-order chi connectivity index (χ0) is 14.8. The molecule has 2 rings (SSSR count). The first kappa shape index (κ1) is 14.6. The number of carboxylic acids is 1. The van der Waals surface area contributed by atoms with E-state index in [0.717, 1.165) is 10.0 Å². The van der Waals surface area contributed by atoms with Crippen molar-refractivity contribution in [2.24, 2.45) is 0 Å². The highest BCUT2D eigenvalue weighted by Crippen LogP contribution is 2.38. The Kier molecular flexibility index (Phi) is 4.13. The molecule has 0 saturated heterocycles. The minimum Gasteiger partial charge on any atom is -0.479 e. The van der Waals surface area contributed by atoms with Gasteiger partial charge in [-0.2, -0.15) is 0 Å². The molecule has 1 unspecified atom stereocenters. The lowest BCUT2D eigenvalue weighted by molar-refractivity contribution is -0.145. The highest BCUT2D eigenvalue weighted by Gasteiger charge is 2.47. The molecule has 0 radical (unpaired) electrons. The number of carbonyl (C=O) groups is 2. The van der Waals surface area contributed by atoms with E-state index in [-0.39, 0.29) is 6.61 Å². The average molecular weight is 340 g/mol. The third-order valence-electron chi connectivity index (χ3n) is 3.31. The van der Waals surface area contributed by atoms with Crippen LogP contribution in [0.25, 0.3) is 0 Å². The van der Waals surface area contributed by atoms with Crippen LogP contribution in [0.15, 0.2) is 35.3 Å². The Balaban J connectivity index is 2.32. The number of nitrogens with one attached hydrogen (secondary N) is 1. The predicted molar refractivity (Wildman–Crippen MR) is 76.5 cm³/mol. The molecule has 1 aromatic rings. The molecular weight excluding hydrogens is 326 g/mol. The van der Waals surface area contributed by atoms with E-state index in [0.29, 0.717) is 18.4 Å². The summed E-state index contributed by atoms with van der Waals surface area (Å²) >= 11 is 3.35. The molecule has 1 aromatic carbocycles. The molecule has 0 bridgehead atoms. The minimum absolute atomic E-state index is 0.0364. The van der Waals surface area contributed by atoms with Crippen molar-refractivity contribution in [3.05, 3.63) is 46.5 Å². The number of benzene rings is 1. The number of alkyl carbamates (subject to hydrolysis) is 1. The van der Waals surface area contributed by atoms with Crippen molar-refractivity contribution in [3.63, 3.8) is 0 Å². The normalized spacial score (nSPS) is 20.1. The highest BCUT2D eigenvalue weighted by atomic mass is 79.9. The van der Waals surface area contributed by atoms with Gasteiger partial charge >= 0.3 is 12.1 Å². The molecule has 6 heteroatoms. The van der Waals surface area contributed by atoms with Crippen LogP contribution in [0.5, 0.6) is 0 Å². The lowest BCUT2D eigenvalue weighted by Gasteiger charge is -2.26. The Morgan fingerprint density at radius 1 is 1.55 bits per heavy atom. The topological polar surface area (TPSA) is 75.6 Å². The Bertz CT molecular complexity index is 572. The lowest BCUT2D eigenvalue weighted by Crippen LogP contribution is -2.50. The number of amides is 1. The summed E-state index contributed by atoms with van der Waals surface area (Å²) in [6.45, 7) is 3.47. The van der Waals surface area contributed by atoms with Gasteiger partial charge in [0.25, 0.3) is 0 Å². The molecule has 0 fully saturated rings. The Labute approximate surface area is 124 Å². The molecular formula is C14H14BrNO4. The van der Waals surface area contributed by atoms with Crippen LogP contribution in [0.1, 0.15) is 17.5 Å². The molecule has 1 aliphatic carbocycles. The number of carbonyl (C=O) groups excluding carboxylic acids is 1. The molecule has 0 heterocycles. The monoisotopic (exact) mass is 339 g/mol. The van der Waals surface area contributed by atoms with Gasteiger partial charge < -0.3 is 15.2 Å². The fraction of sp³-hybridized carbons (Fsp3) is 0.286. The van der Waals surface area contributed by atoms with Gasteiger partial charge in [0.15, 0.2) is 5.54 Å². The van der Waals surface area contributed by atoms with E-state index < -0.39 is 17.6 Å². The van der Waals surface area contributed by atoms with Crippen molar-refractivity contribution in [1.29, 1.82) is 0 Å². The average Bonchev–Trinajstić information content (AvgIpc) is 2.75. The maximum atomic E-state index is 11.7. The second-order valence-electron chi connectivity index (χ2n) is 4.52. The van der Waals surface area contributed by atoms with Gasteiger partial charge in [0.2, 0.25) is 0 Å². The molecule has 0 aromatic heterocycles. The molecule has 106 valence electrons. The van der Waals surface area contributed by atoms with E-state index >= 15 is 0 Å². The van der Waals surface area contributed by atoms with Crippen molar-refractivity contribution in [1.82, 2.24) is 5.32 Å². The van der Waals surface area contributed by atoms with Crippen LogP contribution in [-0.4, -0.2) is 23.8 Å². The number of ether oxygens (including phenoxy) is 1. The van der Waals surface area contributed by atoms with Gasteiger partial charge in [-0.05, 0) is 36.1 Å². The van der Waals surface area contributed by atoms with Crippen molar-refractivity contribution in [2.75, 3.05) is 6.61 Å². The second kappa shape index (κ2) is 5.66. The van der Waals surface area contributed by atoms with Gasteiger partial charge in [-0.25, -0.2) is 9.59 Å². The number of hydrogen-bond donors (Lipinski definition) is 2. The molecule has 5 nitrogen and oxygen atoms in total. The summed E-state index contributed by atoms with van der Waals surface area (Å²) in [6, 6.07) is 5.35. The van der Waals surface area contributed by atoms with E-state index in [1.54, 1.807) is 12.1 Å². The Morgan fingerprint density at radius 3 is 2.95 bits per heavy atom. The maximum absolute atomic E-state index is 11.7. The summed E-state index contributed by atoms with van der Waals surface area (Å²) in [5.41, 5.74) is 0.0865. The number of rotatable bonds is 4. The number of carboxylic acid groups (broad SMARTS) is 1. The van der Waals surface area contributed by atoms with Crippen LogP contribution in [0.4, 0.5) is 4.79 Å². The third kappa shape index (κ3) is 2.56. The standard InChI is InChI=1S/C14H14BrNO4/c1-2-7-20-13(19)16-14(12(17)18)6-5-9-8-10(15)3-4-11(9)14/h2-4,8H,1,5-7H2,(H,16,19)(H,17,18). The predicted octanol–water partition coefficient (Wildman–Crippen LogP) is 2.59. The molecule has 2 N–H and O–H groups in total. The van der Waals surface area contributed by atoms with Gasteiger partial charge in [-0.15, -0.1) is 0 Å². The molecule has 1 atom stereocenters.